The first kappa shape index (κ1) is 9.34. The van der Waals surface area contributed by atoms with Crippen molar-refractivity contribution in [2.24, 2.45) is 0 Å². The van der Waals surface area contributed by atoms with Gasteiger partial charge in [-0.05, 0) is 0 Å². The van der Waals surface area contributed by atoms with Crippen molar-refractivity contribution in [3.8, 4) is 0 Å². The maximum atomic E-state index is 8.78. The van der Waals surface area contributed by atoms with Gasteiger partial charge in [-0.3, -0.25) is 0 Å². The van der Waals surface area contributed by atoms with Crippen LogP contribution < -0.4 is 0 Å². The maximum absolute atomic E-state index is 8.78. The topological polar surface area (TPSA) is 20.2 Å². The first-order chi connectivity index (χ1) is 4.86. The Kier molecular flexibility index (Phi) is 4.66. The molecule has 1 rings (SSSR count). The van der Waals surface area contributed by atoms with Crippen LogP contribution in [0.25, 0.3) is 0 Å². The van der Waals surface area contributed by atoms with E-state index in [-0.39, 0.29) is 0 Å². The molecule has 2 atom stereocenters. The second kappa shape index (κ2) is 4.99. The summed E-state index contributed by atoms with van der Waals surface area (Å²) in [7, 11) is 3.90. The van der Waals surface area contributed by atoms with Crippen LogP contribution in [0, 0.1) is 0 Å². The summed E-state index contributed by atoms with van der Waals surface area (Å²) in [6, 6.07) is 0. The van der Waals surface area contributed by atoms with Gasteiger partial charge in [-0.1, -0.05) is 0 Å². The fourth-order valence-electron chi connectivity index (χ4n) is 0.575. The van der Waals surface area contributed by atoms with Crippen molar-refractivity contribution in [1.82, 2.24) is 0 Å². The van der Waals surface area contributed by atoms with E-state index < -0.39 is 12.3 Å². The zero-order valence-corrected chi connectivity index (χ0v) is 9.50. The van der Waals surface area contributed by atoms with Crippen molar-refractivity contribution in [3.05, 3.63) is 10.4 Å². The molecule has 5 heteroatoms. The second-order valence-corrected chi connectivity index (χ2v) is 13.6. The van der Waals surface area contributed by atoms with E-state index in [0.717, 1.165) is 5.75 Å². The number of halogens is 1. The third-order valence-corrected chi connectivity index (χ3v) is 14.2. The number of aliphatic hydroxyl groups excluding tert-OH is 1. The van der Waals surface area contributed by atoms with Crippen molar-refractivity contribution < 1.29 is 5.11 Å². The number of hydrogen-bond donors (Lipinski definition) is 1. The van der Waals surface area contributed by atoms with Gasteiger partial charge in [-0.15, -0.1) is 0 Å². The zero-order chi connectivity index (χ0) is 7.40. The third kappa shape index (κ3) is 2.71. The van der Waals surface area contributed by atoms with Gasteiger partial charge < -0.3 is 0 Å². The van der Waals surface area contributed by atoms with E-state index >= 15 is 0 Å². The van der Waals surface area contributed by atoms with Crippen LogP contribution in [-0.4, -0.2) is 35.1 Å². The minimum absolute atomic E-state index is 0.318. The molecule has 0 spiro atoms. The molecule has 0 aromatic carbocycles. The Balaban J connectivity index is 2.28. The Morgan fingerprint density at radius 2 is 2.60 bits per heavy atom. The quantitative estimate of drug-likeness (QED) is 0.760. The fraction of sp³-hybridized carbons (Fsp3) is 0.600. The molecule has 0 bridgehead atoms. The predicted molar refractivity (Wildman–Crippen MR) is 51.7 cm³/mol. The molecule has 1 aliphatic heterocycles. The molecular formula is C5H8AsClOS2. The second-order valence-electron chi connectivity index (χ2n) is 1.77. The van der Waals surface area contributed by atoms with Crippen LogP contribution >= 0.6 is 31.6 Å². The summed E-state index contributed by atoms with van der Waals surface area (Å²) in [5.74, 6) is 1.10. The summed E-state index contributed by atoms with van der Waals surface area (Å²) >= 11 is 4.58. The van der Waals surface area contributed by atoms with E-state index in [4.69, 9.17) is 16.7 Å². The molecule has 0 aromatic heterocycles. The summed E-state index contributed by atoms with van der Waals surface area (Å²) in [4.78, 5) is 2.10. The van der Waals surface area contributed by atoms with E-state index in [2.05, 4.69) is 4.86 Å². The molecule has 0 aliphatic carbocycles. The molecule has 1 saturated heterocycles. The summed E-state index contributed by atoms with van der Waals surface area (Å²) in [5.41, 5.74) is 1.61. The molecule has 1 N–H and O–H groups in total. The van der Waals surface area contributed by atoms with Crippen LogP contribution in [0.5, 0.6) is 0 Å². The normalized spacial score (nSPS) is 33.8. The van der Waals surface area contributed by atoms with E-state index in [0.29, 0.717) is 11.9 Å². The van der Waals surface area contributed by atoms with Gasteiger partial charge >= 0.3 is 77.1 Å². The molecule has 0 radical (unpaired) electrons. The van der Waals surface area contributed by atoms with Crippen LogP contribution in [-0.2, 0) is 0 Å². The zero-order valence-electron chi connectivity index (χ0n) is 5.24. The summed E-state index contributed by atoms with van der Waals surface area (Å²) in [6.07, 6.45) is 0. The van der Waals surface area contributed by atoms with E-state index in [1.807, 2.05) is 20.0 Å². The van der Waals surface area contributed by atoms with Crippen LogP contribution in [0.3, 0.4) is 0 Å². The molecule has 1 heterocycles. The summed E-state index contributed by atoms with van der Waals surface area (Å²) < 4.78 is 0. The van der Waals surface area contributed by atoms with Crippen LogP contribution in [0.15, 0.2) is 10.4 Å². The fourth-order valence-corrected chi connectivity index (χ4v) is 15.4. The van der Waals surface area contributed by atoms with E-state index in [1.54, 1.807) is 5.54 Å². The van der Waals surface area contributed by atoms with Crippen molar-refractivity contribution >= 4 is 44.0 Å². The Bertz CT molecular complexity index is 133. The Hall–Kier alpha value is 1.25. The van der Waals surface area contributed by atoms with Gasteiger partial charge in [0.15, 0.2) is 0 Å². The number of hydrogen-bond acceptors (Lipinski definition) is 3. The van der Waals surface area contributed by atoms with Crippen LogP contribution in [0.4, 0.5) is 0 Å². The summed E-state index contributed by atoms with van der Waals surface area (Å²) in [6.45, 7) is 0.318. The van der Waals surface area contributed by atoms with Crippen molar-refractivity contribution in [2.45, 2.75) is 5.25 Å². The molecule has 0 aromatic rings. The van der Waals surface area contributed by atoms with Gasteiger partial charge in [0.2, 0.25) is 0 Å². The van der Waals surface area contributed by atoms with Crippen LogP contribution in [0.1, 0.15) is 0 Å². The number of aliphatic hydroxyl groups is 1. The van der Waals surface area contributed by atoms with Gasteiger partial charge in [-0.2, -0.15) is 0 Å². The average Bonchev–Trinajstić information content (AvgIpc) is 2.37. The van der Waals surface area contributed by atoms with Gasteiger partial charge in [-0.25, -0.2) is 0 Å². The Morgan fingerprint density at radius 1 is 1.80 bits per heavy atom. The van der Waals surface area contributed by atoms with Gasteiger partial charge in [0.25, 0.3) is 0 Å². The van der Waals surface area contributed by atoms with Gasteiger partial charge in [0.05, 0.1) is 0 Å². The molecule has 10 heavy (non-hydrogen) atoms. The number of rotatable bonds is 2. The van der Waals surface area contributed by atoms with Crippen LogP contribution in [0.2, 0.25) is 0 Å². The molecule has 0 amide bonds. The molecule has 1 nitrogen and oxygen atoms in total. The van der Waals surface area contributed by atoms with Gasteiger partial charge in [0, 0.05) is 0 Å². The van der Waals surface area contributed by atoms with Gasteiger partial charge in [0.1, 0.15) is 0 Å². The molecule has 0 saturated carbocycles. The predicted octanol–water partition coefficient (Wildman–Crippen LogP) is 1.61. The SMILES string of the molecule is OCC1CS[As](/C=C/Cl)S1. The third-order valence-electron chi connectivity index (χ3n) is 1.02. The van der Waals surface area contributed by atoms with E-state index in [9.17, 15) is 0 Å². The van der Waals surface area contributed by atoms with Crippen molar-refractivity contribution in [2.75, 3.05) is 12.4 Å². The molecule has 2 unspecified atom stereocenters. The molecule has 1 fully saturated rings. The average molecular weight is 259 g/mol. The first-order valence-electron chi connectivity index (χ1n) is 2.83. The first-order valence-corrected chi connectivity index (χ1v) is 10.7. The Morgan fingerprint density at radius 3 is 3.10 bits per heavy atom. The molecule has 1 aliphatic rings. The Labute approximate surface area is 76.8 Å². The van der Waals surface area contributed by atoms with Crippen molar-refractivity contribution in [3.63, 3.8) is 0 Å². The van der Waals surface area contributed by atoms with Crippen molar-refractivity contribution in [1.29, 1.82) is 0 Å². The minimum atomic E-state index is -0.858. The standard InChI is InChI=1S/C5H8AsClOS2/c7-2-1-6-9-4-5(3-8)10-6/h1-2,5,8H,3-4H2/b2-1+. The summed E-state index contributed by atoms with van der Waals surface area (Å²) in [5, 5.41) is 9.25. The molecular weight excluding hydrogens is 251 g/mol. The molecule has 58 valence electrons. The van der Waals surface area contributed by atoms with E-state index in [1.165, 1.54) is 0 Å². The monoisotopic (exact) mass is 258 g/mol.